The highest BCUT2D eigenvalue weighted by molar-refractivity contribution is 5.38. The molecule has 20 heavy (non-hydrogen) atoms. The Morgan fingerprint density at radius 2 is 2.15 bits per heavy atom. The van der Waals surface area contributed by atoms with E-state index in [-0.39, 0.29) is 5.54 Å². The van der Waals surface area contributed by atoms with E-state index in [1.54, 1.807) is 0 Å². The molecule has 2 nitrogen and oxygen atoms in total. The highest BCUT2D eigenvalue weighted by Crippen LogP contribution is 2.42. The fraction of sp³-hybridized carbons (Fsp3) is 0.667. The number of hydrogen-bond acceptors (Lipinski definition) is 2. The summed E-state index contributed by atoms with van der Waals surface area (Å²) in [5, 5.41) is 0. The third kappa shape index (κ3) is 2.77. The van der Waals surface area contributed by atoms with Crippen LogP contribution in [0.5, 0.6) is 0 Å². The lowest BCUT2D eigenvalue weighted by Gasteiger charge is -2.39. The molecule has 1 aliphatic carbocycles. The maximum absolute atomic E-state index is 6.78. The SMILES string of the molecule is CC1CCC(N)(CCCC2CCCO2)c2ccccc21. The Bertz CT molecular complexity index is 452. The third-order valence-corrected chi connectivity index (χ3v) is 5.22. The topological polar surface area (TPSA) is 35.2 Å². The van der Waals surface area contributed by atoms with Gasteiger partial charge in [-0.05, 0) is 62.0 Å². The second kappa shape index (κ2) is 5.87. The molecule has 1 aromatic carbocycles. The predicted octanol–water partition coefficient (Wildman–Crippen LogP) is 4.09. The van der Waals surface area contributed by atoms with Gasteiger partial charge in [0.2, 0.25) is 0 Å². The highest BCUT2D eigenvalue weighted by atomic mass is 16.5. The molecule has 0 amide bonds. The van der Waals surface area contributed by atoms with E-state index in [4.69, 9.17) is 10.5 Å². The van der Waals surface area contributed by atoms with Gasteiger partial charge in [0.1, 0.15) is 0 Å². The van der Waals surface area contributed by atoms with Gasteiger partial charge in [-0.1, -0.05) is 31.2 Å². The van der Waals surface area contributed by atoms with Crippen LogP contribution in [0.4, 0.5) is 0 Å². The van der Waals surface area contributed by atoms with Crippen molar-refractivity contribution in [2.45, 2.75) is 69.4 Å². The second-order valence-corrected chi connectivity index (χ2v) is 6.71. The van der Waals surface area contributed by atoms with Crippen molar-refractivity contribution in [3.05, 3.63) is 35.4 Å². The van der Waals surface area contributed by atoms with Crippen molar-refractivity contribution in [1.82, 2.24) is 0 Å². The quantitative estimate of drug-likeness (QED) is 0.897. The van der Waals surface area contributed by atoms with Gasteiger partial charge in [0.05, 0.1) is 6.10 Å². The molecular weight excluding hydrogens is 246 g/mol. The average molecular weight is 273 g/mol. The number of hydrogen-bond donors (Lipinski definition) is 1. The van der Waals surface area contributed by atoms with Gasteiger partial charge >= 0.3 is 0 Å². The fourth-order valence-electron chi connectivity index (χ4n) is 3.92. The molecular formula is C18H27NO. The largest absolute Gasteiger partial charge is 0.378 e. The average Bonchev–Trinajstić information content (AvgIpc) is 2.97. The minimum atomic E-state index is -0.109. The first-order valence-electron chi connectivity index (χ1n) is 8.19. The zero-order valence-electron chi connectivity index (χ0n) is 12.6. The number of nitrogens with two attached hydrogens (primary N) is 1. The minimum absolute atomic E-state index is 0.109. The molecule has 1 fully saturated rings. The van der Waals surface area contributed by atoms with E-state index in [1.165, 1.54) is 43.2 Å². The van der Waals surface area contributed by atoms with Crippen LogP contribution in [0.25, 0.3) is 0 Å². The van der Waals surface area contributed by atoms with Crippen LogP contribution in [0.3, 0.4) is 0 Å². The van der Waals surface area contributed by atoms with E-state index in [0.717, 1.165) is 19.4 Å². The molecule has 1 saturated heterocycles. The van der Waals surface area contributed by atoms with Gasteiger partial charge in [-0.15, -0.1) is 0 Å². The number of ether oxygens (including phenoxy) is 1. The molecule has 2 aliphatic rings. The first-order valence-corrected chi connectivity index (χ1v) is 8.19. The van der Waals surface area contributed by atoms with Gasteiger partial charge < -0.3 is 10.5 Å². The van der Waals surface area contributed by atoms with E-state index in [9.17, 15) is 0 Å². The van der Waals surface area contributed by atoms with Crippen molar-refractivity contribution in [3.8, 4) is 0 Å². The smallest absolute Gasteiger partial charge is 0.0576 e. The molecule has 1 aliphatic heterocycles. The van der Waals surface area contributed by atoms with Crippen molar-refractivity contribution in [1.29, 1.82) is 0 Å². The van der Waals surface area contributed by atoms with Crippen LogP contribution < -0.4 is 5.73 Å². The molecule has 0 bridgehead atoms. The Morgan fingerprint density at radius 1 is 1.30 bits per heavy atom. The van der Waals surface area contributed by atoms with Crippen molar-refractivity contribution < 1.29 is 4.74 Å². The van der Waals surface area contributed by atoms with E-state index in [2.05, 4.69) is 31.2 Å². The zero-order valence-corrected chi connectivity index (χ0v) is 12.6. The van der Waals surface area contributed by atoms with Crippen molar-refractivity contribution >= 4 is 0 Å². The molecule has 2 heteroatoms. The summed E-state index contributed by atoms with van der Waals surface area (Å²) in [5.41, 5.74) is 9.53. The van der Waals surface area contributed by atoms with Crippen LogP contribution in [0.2, 0.25) is 0 Å². The maximum atomic E-state index is 6.78. The maximum Gasteiger partial charge on any atom is 0.0576 e. The molecule has 1 aromatic rings. The molecule has 3 rings (SSSR count). The zero-order chi connectivity index (χ0) is 14.0. The molecule has 2 N–H and O–H groups in total. The summed E-state index contributed by atoms with van der Waals surface area (Å²) in [4.78, 5) is 0. The number of benzene rings is 1. The molecule has 3 unspecified atom stereocenters. The van der Waals surface area contributed by atoms with Crippen LogP contribution in [-0.2, 0) is 10.3 Å². The Balaban J connectivity index is 1.67. The Hall–Kier alpha value is -0.860. The first-order chi connectivity index (χ1) is 9.69. The lowest BCUT2D eigenvalue weighted by atomic mass is 9.71. The number of fused-ring (bicyclic) bond motifs is 1. The summed E-state index contributed by atoms with van der Waals surface area (Å²) in [7, 11) is 0. The lowest BCUT2D eigenvalue weighted by Crippen LogP contribution is -2.40. The van der Waals surface area contributed by atoms with Crippen LogP contribution >= 0.6 is 0 Å². The first kappa shape index (κ1) is 14.1. The summed E-state index contributed by atoms with van der Waals surface area (Å²) in [5.74, 6) is 0.654. The van der Waals surface area contributed by atoms with Gasteiger partial charge in [0.15, 0.2) is 0 Å². The standard InChI is InChI=1S/C18H27NO/c1-14-10-12-18(19,17-9-3-2-8-16(14)17)11-4-6-15-7-5-13-20-15/h2-3,8-9,14-15H,4-7,10-13,19H2,1H3. The van der Waals surface area contributed by atoms with Gasteiger partial charge in [0, 0.05) is 12.1 Å². The van der Waals surface area contributed by atoms with Gasteiger partial charge in [-0.3, -0.25) is 0 Å². The normalized spacial score (nSPS) is 33.1. The van der Waals surface area contributed by atoms with Crippen LogP contribution in [-0.4, -0.2) is 12.7 Å². The van der Waals surface area contributed by atoms with Gasteiger partial charge in [-0.2, -0.15) is 0 Å². The molecule has 110 valence electrons. The van der Waals surface area contributed by atoms with E-state index >= 15 is 0 Å². The molecule has 3 atom stereocenters. The summed E-state index contributed by atoms with van der Waals surface area (Å²) >= 11 is 0. The summed E-state index contributed by atoms with van der Waals surface area (Å²) in [6.07, 6.45) is 8.77. The monoisotopic (exact) mass is 273 g/mol. The molecule has 1 heterocycles. The summed E-state index contributed by atoms with van der Waals surface area (Å²) < 4.78 is 5.72. The Kier molecular flexibility index (Phi) is 4.13. The Labute approximate surface area is 122 Å². The third-order valence-electron chi connectivity index (χ3n) is 5.22. The van der Waals surface area contributed by atoms with Crippen molar-refractivity contribution in [2.75, 3.05) is 6.61 Å². The molecule has 0 saturated carbocycles. The van der Waals surface area contributed by atoms with Crippen molar-refractivity contribution in [2.24, 2.45) is 5.73 Å². The molecule has 0 spiro atoms. The van der Waals surface area contributed by atoms with E-state index < -0.39 is 0 Å². The van der Waals surface area contributed by atoms with Gasteiger partial charge in [-0.25, -0.2) is 0 Å². The van der Waals surface area contributed by atoms with Gasteiger partial charge in [0.25, 0.3) is 0 Å². The lowest BCUT2D eigenvalue weighted by molar-refractivity contribution is 0.0994. The predicted molar refractivity (Wildman–Crippen MR) is 82.8 cm³/mol. The highest BCUT2D eigenvalue weighted by Gasteiger charge is 2.34. The molecule has 0 aromatic heterocycles. The van der Waals surface area contributed by atoms with E-state index in [1.807, 2.05) is 0 Å². The van der Waals surface area contributed by atoms with E-state index in [0.29, 0.717) is 12.0 Å². The number of rotatable bonds is 4. The summed E-state index contributed by atoms with van der Waals surface area (Å²) in [6.45, 7) is 3.28. The minimum Gasteiger partial charge on any atom is -0.378 e. The fourth-order valence-corrected chi connectivity index (χ4v) is 3.92. The van der Waals surface area contributed by atoms with Crippen LogP contribution in [0.15, 0.2) is 24.3 Å². The van der Waals surface area contributed by atoms with Crippen LogP contribution in [0.1, 0.15) is 68.9 Å². The molecule has 0 radical (unpaired) electrons. The summed E-state index contributed by atoms with van der Waals surface area (Å²) in [6, 6.07) is 8.80. The van der Waals surface area contributed by atoms with Crippen molar-refractivity contribution in [3.63, 3.8) is 0 Å². The Morgan fingerprint density at radius 3 is 2.95 bits per heavy atom. The second-order valence-electron chi connectivity index (χ2n) is 6.71. The van der Waals surface area contributed by atoms with Crippen LogP contribution in [0, 0.1) is 0 Å².